The minimum absolute atomic E-state index is 0.137. The molecule has 0 spiro atoms. The first-order valence-corrected chi connectivity index (χ1v) is 7.02. The van der Waals surface area contributed by atoms with Gasteiger partial charge < -0.3 is 5.32 Å². The zero-order valence-corrected chi connectivity index (χ0v) is 12.4. The highest BCUT2D eigenvalue weighted by molar-refractivity contribution is 5.98. The third-order valence-electron chi connectivity index (χ3n) is 4.07. The molecule has 1 aliphatic carbocycles. The van der Waals surface area contributed by atoms with Gasteiger partial charge in [-0.05, 0) is 52.5 Å². The summed E-state index contributed by atoms with van der Waals surface area (Å²) in [7, 11) is 0. The minimum Gasteiger partial charge on any atom is -0.345 e. The molecule has 1 amide bonds. The molecule has 2 aromatic rings. The summed E-state index contributed by atoms with van der Waals surface area (Å²) in [6.45, 7) is 8.06. The first kappa shape index (κ1) is 13.1. The number of hydrogen-bond acceptors (Lipinski definition) is 3. The molecule has 1 aliphatic rings. The average molecular weight is 272 g/mol. The van der Waals surface area contributed by atoms with Gasteiger partial charge in [-0.15, -0.1) is 0 Å². The third-order valence-corrected chi connectivity index (χ3v) is 4.07. The summed E-state index contributed by atoms with van der Waals surface area (Å²) in [5.74, 6) is 0.443. The van der Waals surface area contributed by atoms with Crippen molar-refractivity contribution < 1.29 is 4.79 Å². The molecule has 5 nitrogen and oxygen atoms in total. The van der Waals surface area contributed by atoms with Gasteiger partial charge in [0.1, 0.15) is 6.33 Å². The van der Waals surface area contributed by atoms with Gasteiger partial charge in [-0.25, -0.2) is 9.97 Å². The molecular formula is C15H20N4O. The number of nitrogens with one attached hydrogen (secondary N) is 1. The number of amides is 1. The Kier molecular flexibility index (Phi) is 2.81. The Morgan fingerprint density at radius 2 is 2.10 bits per heavy atom. The van der Waals surface area contributed by atoms with Gasteiger partial charge in [-0.1, -0.05) is 0 Å². The van der Waals surface area contributed by atoms with Gasteiger partial charge >= 0.3 is 0 Å². The van der Waals surface area contributed by atoms with E-state index < -0.39 is 0 Å². The van der Waals surface area contributed by atoms with Crippen LogP contribution in [0.2, 0.25) is 0 Å². The summed E-state index contributed by atoms with van der Waals surface area (Å²) in [6.07, 6.45) is 4.04. The molecule has 0 bridgehead atoms. The number of fused-ring (bicyclic) bond motifs is 1. The molecular weight excluding hydrogens is 252 g/mol. The highest BCUT2D eigenvalue weighted by Gasteiger charge is 2.39. The summed E-state index contributed by atoms with van der Waals surface area (Å²) >= 11 is 0. The second-order valence-electron chi connectivity index (χ2n) is 6.28. The van der Waals surface area contributed by atoms with Gasteiger partial charge in [0.2, 0.25) is 0 Å². The second kappa shape index (κ2) is 4.30. The van der Waals surface area contributed by atoms with Crippen LogP contribution in [-0.2, 0) is 0 Å². The normalized spacial score (nSPS) is 15.6. The molecule has 1 N–H and O–H groups in total. The number of aromatic nitrogens is 3. The van der Waals surface area contributed by atoms with Crippen molar-refractivity contribution in [1.82, 2.24) is 19.7 Å². The molecule has 20 heavy (non-hydrogen) atoms. The van der Waals surface area contributed by atoms with Crippen molar-refractivity contribution in [3.63, 3.8) is 0 Å². The number of aryl methyl sites for hydroxylation is 2. The Morgan fingerprint density at radius 3 is 2.75 bits per heavy atom. The first-order chi connectivity index (χ1) is 9.38. The molecule has 0 saturated heterocycles. The van der Waals surface area contributed by atoms with Crippen molar-refractivity contribution in [1.29, 1.82) is 0 Å². The number of nitrogens with zero attached hydrogens (tertiary/aromatic N) is 3. The fourth-order valence-corrected chi connectivity index (χ4v) is 2.70. The van der Waals surface area contributed by atoms with Crippen LogP contribution in [0.5, 0.6) is 0 Å². The van der Waals surface area contributed by atoms with Crippen molar-refractivity contribution in [2.24, 2.45) is 5.92 Å². The molecule has 1 saturated carbocycles. The van der Waals surface area contributed by atoms with Crippen molar-refractivity contribution in [2.45, 2.75) is 46.1 Å². The first-order valence-electron chi connectivity index (χ1n) is 7.02. The van der Waals surface area contributed by atoms with E-state index in [-0.39, 0.29) is 11.4 Å². The lowest BCUT2D eigenvalue weighted by Crippen LogP contribution is -2.45. The predicted octanol–water partition coefficient (Wildman–Crippen LogP) is 2.26. The maximum absolute atomic E-state index is 12.5. The van der Waals surface area contributed by atoms with Crippen LogP contribution in [0.1, 0.15) is 48.6 Å². The van der Waals surface area contributed by atoms with E-state index in [1.807, 2.05) is 24.3 Å². The molecule has 0 radical (unpaired) electrons. The van der Waals surface area contributed by atoms with Gasteiger partial charge in [-0.3, -0.25) is 9.20 Å². The zero-order chi connectivity index (χ0) is 14.5. The Morgan fingerprint density at radius 1 is 1.40 bits per heavy atom. The van der Waals surface area contributed by atoms with Gasteiger partial charge in [-0.2, -0.15) is 0 Å². The number of hydrogen-bond donors (Lipinski definition) is 1. The van der Waals surface area contributed by atoms with Gasteiger partial charge in [0, 0.05) is 16.9 Å². The van der Waals surface area contributed by atoms with Gasteiger partial charge in [0.05, 0.1) is 0 Å². The molecule has 5 heteroatoms. The molecule has 2 heterocycles. The maximum atomic E-state index is 12.5. The smallest absolute Gasteiger partial charge is 0.274 e. The maximum Gasteiger partial charge on any atom is 0.274 e. The van der Waals surface area contributed by atoms with Crippen molar-refractivity contribution >= 4 is 11.6 Å². The molecule has 106 valence electrons. The lowest BCUT2D eigenvalue weighted by molar-refractivity contribution is 0.0900. The molecule has 0 aromatic carbocycles. The lowest BCUT2D eigenvalue weighted by Gasteiger charge is -2.25. The van der Waals surface area contributed by atoms with Crippen LogP contribution in [0, 0.1) is 19.8 Å². The third kappa shape index (κ3) is 2.17. The summed E-state index contributed by atoms with van der Waals surface area (Å²) in [6, 6.07) is 1.98. The highest BCUT2D eigenvalue weighted by atomic mass is 16.2. The fourth-order valence-electron chi connectivity index (χ4n) is 2.70. The van der Waals surface area contributed by atoms with Crippen molar-refractivity contribution in [3.8, 4) is 0 Å². The number of rotatable bonds is 3. The minimum atomic E-state index is -0.175. The fraction of sp³-hybridized carbons (Fsp3) is 0.533. The van der Waals surface area contributed by atoms with Gasteiger partial charge in [0.15, 0.2) is 11.3 Å². The molecule has 2 aromatic heterocycles. The summed E-state index contributed by atoms with van der Waals surface area (Å²) in [5, 5.41) is 3.10. The lowest BCUT2D eigenvalue weighted by atomic mass is 9.98. The second-order valence-corrected chi connectivity index (χ2v) is 6.28. The molecule has 0 unspecified atom stereocenters. The molecule has 1 fully saturated rings. The van der Waals surface area contributed by atoms with E-state index in [4.69, 9.17) is 0 Å². The van der Waals surface area contributed by atoms with E-state index in [9.17, 15) is 4.79 Å². The number of carbonyl (C=O) groups is 1. The standard InChI is InChI=1S/C15H20N4O/c1-9-7-10(2)19-8-16-12(13(19)17-9)14(20)18-15(3,4)11-5-6-11/h7-8,11H,5-6H2,1-4H3,(H,18,20). The number of carbonyl (C=O) groups excluding carboxylic acids is 1. The predicted molar refractivity (Wildman–Crippen MR) is 76.7 cm³/mol. The van der Waals surface area contributed by atoms with E-state index in [1.165, 1.54) is 12.8 Å². The Balaban J connectivity index is 1.95. The Bertz CT molecular complexity index is 682. The van der Waals surface area contributed by atoms with E-state index in [1.54, 1.807) is 6.33 Å². The summed E-state index contributed by atoms with van der Waals surface area (Å²) in [4.78, 5) is 21.2. The molecule has 0 atom stereocenters. The zero-order valence-electron chi connectivity index (χ0n) is 12.4. The summed E-state index contributed by atoms with van der Waals surface area (Å²) in [5.41, 5.74) is 2.79. The molecule has 0 aliphatic heterocycles. The topological polar surface area (TPSA) is 59.3 Å². The van der Waals surface area contributed by atoms with Crippen molar-refractivity contribution in [2.75, 3.05) is 0 Å². The SMILES string of the molecule is Cc1cc(C)n2cnc(C(=O)NC(C)(C)C3CC3)c2n1. The molecule has 3 rings (SSSR count). The van der Waals surface area contributed by atoms with Crippen LogP contribution in [0.15, 0.2) is 12.4 Å². The summed E-state index contributed by atoms with van der Waals surface area (Å²) < 4.78 is 1.85. The average Bonchev–Trinajstić information content (AvgIpc) is 3.10. The largest absolute Gasteiger partial charge is 0.345 e. The van der Waals surface area contributed by atoms with Crippen LogP contribution >= 0.6 is 0 Å². The Labute approximate surface area is 118 Å². The van der Waals surface area contributed by atoms with Crippen LogP contribution < -0.4 is 5.32 Å². The number of imidazole rings is 1. The van der Waals surface area contributed by atoms with Crippen LogP contribution in [0.25, 0.3) is 5.65 Å². The van der Waals surface area contributed by atoms with Crippen LogP contribution in [-0.4, -0.2) is 25.8 Å². The van der Waals surface area contributed by atoms with Crippen molar-refractivity contribution in [3.05, 3.63) is 29.5 Å². The van der Waals surface area contributed by atoms with Gasteiger partial charge in [0.25, 0.3) is 5.91 Å². The van der Waals surface area contributed by atoms with Crippen LogP contribution in [0.4, 0.5) is 0 Å². The van der Waals surface area contributed by atoms with Crippen LogP contribution in [0.3, 0.4) is 0 Å². The monoisotopic (exact) mass is 272 g/mol. The van der Waals surface area contributed by atoms with E-state index in [0.717, 1.165) is 11.4 Å². The van der Waals surface area contributed by atoms with E-state index in [0.29, 0.717) is 17.3 Å². The quantitative estimate of drug-likeness (QED) is 0.932. The highest BCUT2D eigenvalue weighted by Crippen LogP contribution is 2.39. The Hall–Kier alpha value is -1.91. The van der Waals surface area contributed by atoms with E-state index >= 15 is 0 Å². The van der Waals surface area contributed by atoms with E-state index in [2.05, 4.69) is 29.1 Å².